The van der Waals surface area contributed by atoms with Gasteiger partial charge in [-0.05, 0) is 51.5 Å². The van der Waals surface area contributed by atoms with Gasteiger partial charge >= 0.3 is 0 Å². The second-order valence-electron chi connectivity index (χ2n) is 6.51. The van der Waals surface area contributed by atoms with E-state index in [-0.39, 0.29) is 17.2 Å². The van der Waals surface area contributed by atoms with Crippen molar-refractivity contribution in [3.8, 4) is 5.75 Å². The minimum atomic E-state index is 0.0177. The molecule has 2 aromatic rings. The topological polar surface area (TPSA) is 32.6 Å². The van der Waals surface area contributed by atoms with Gasteiger partial charge in [0.05, 0.1) is 10.5 Å². The van der Waals surface area contributed by atoms with E-state index in [2.05, 4.69) is 53.8 Å². The molecule has 2 rings (SSSR count). The first-order chi connectivity index (χ1) is 10.3. The van der Waals surface area contributed by atoms with Crippen LogP contribution in [0.4, 0.5) is 0 Å². The molecule has 22 heavy (non-hydrogen) atoms. The minimum Gasteiger partial charge on any atom is -0.506 e. The Morgan fingerprint density at radius 1 is 1.14 bits per heavy atom. The maximum Gasteiger partial charge on any atom is 0.138 e. The molecule has 116 valence electrons. The Morgan fingerprint density at radius 2 is 1.77 bits per heavy atom. The minimum absolute atomic E-state index is 0.0177. The number of halogens is 1. The molecule has 2 aromatic carbocycles. The highest BCUT2D eigenvalue weighted by Crippen LogP contribution is 2.33. The Bertz CT molecular complexity index is 672. The van der Waals surface area contributed by atoms with Crippen molar-refractivity contribution in [2.75, 3.05) is 0 Å². The van der Waals surface area contributed by atoms with Crippen molar-refractivity contribution in [2.24, 2.45) is 4.99 Å². The maximum atomic E-state index is 10.2. The molecule has 0 aliphatic heterocycles. The van der Waals surface area contributed by atoms with Crippen molar-refractivity contribution < 1.29 is 5.11 Å². The summed E-state index contributed by atoms with van der Waals surface area (Å²) in [6.07, 6.45) is 1.76. The van der Waals surface area contributed by atoms with Crippen LogP contribution in [0.5, 0.6) is 5.75 Å². The molecule has 0 aromatic heterocycles. The van der Waals surface area contributed by atoms with Crippen molar-refractivity contribution in [1.82, 2.24) is 0 Å². The van der Waals surface area contributed by atoms with Crippen molar-refractivity contribution >= 4 is 22.1 Å². The average molecular weight is 360 g/mol. The predicted octanol–water partition coefficient (Wildman–Crippen LogP) is 5.63. The van der Waals surface area contributed by atoms with E-state index in [1.165, 1.54) is 0 Å². The molecule has 3 heteroatoms. The fraction of sp³-hybridized carbons (Fsp3) is 0.316. The van der Waals surface area contributed by atoms with Crippen LogP contribution in [0.1, 0.15) is 50.4 Å². The molecular formula is C19H22BrNO. The number of benzene rings is 2. The van der Waals surface area contributed by atoms with E-state index < -0.39 is 0 Å². The van der Waals surface area contributed by atoms with E-state index in [1.54, 1.807) is 6.21 Å². The molecule has 1 unspecified atom stereocenters. The van der Waals surface area contributed by atoms with Gasteiger partial charge in [0.1, 0.15) is 5.75 Å². The normalized spacial score (nSPS) is 13.5. The van der Waals surface area contributed by atoms with Crippen LogP contribution < -0.4 is 0 Å². The third-order valence-corrected chi connectivity index (χ3v) is 4.28. The van der Waals surface area contributed by atoms with Crippen LogP contribution in [-0.2, 0) is 5.41 Å². The van der Waals surface area contributed by atoms with Gasteiger partial charge < -0.3 is 5.11 Å². The molecular weight excluding hydrogens is 338 g/mol. The Hall–Kier alpha value is -1.61. The number of aromatic hydroxyl groups is 1. The van der Waals surface area contributed by atoms with Crippen LogP contribution in [0.25, 0.3) is 0 Å². The zero-order valence-electron chi connectivity index (χ0n) is 13.5. The summed E-state index contributed by atoms with van der Waals surface area (Å²) in [4.78, 5) is 4.58. The second kappa shape index (κ2) is 6.66. The van der Waals surface area contributed by atoms with Crippen LogP contribution >= 0.6 is 15.9 Å². The highest BCUT2D eigenvalue weighted by atomic mass is 79.9. The summed E-state index contributed by atoms with van der Waals surface area (Å²) < 4.78 is 0.703. The molecule has 0 bridgehead atoms. The van der Waals surface area contributed by atoms with E-state index in [9.17, 15) is 5.11 Å². The zero-order chi connectivity index (χ0) is 16.3. The fourth-order valence-electron chi connectivity index (χ4n) is 2.16. The van der Waals surface area contributed by atoms with Crippen molar-refractivity contribution in [2.45, 2.75) is 39.2 Å². The first-order valence-electron chi connectivity index (χ1n) is 7.40. The maximum absolute atomic E-state index is 10.2. The molecule has 0 fully saturated rings. The summed E-state index contributed by atoms with van der Waals surface area (Å²) in [6.45, 7) is 8.50. The number of hydrogen-bond donors (Lipinski definition) is 1. The third-order valence-electron chi connectivity index (χ3n) is 3.68. The molecule has 0 radical (unpaired) electrons. The van der Waals surface area contributed by atoms with Crippen LogP contribution in [0.15, 0.2) is 51.9 Å². The molecule has 0 saturated carbocycles. The van der Waals surface area contributed by atoms with Gasteiger partial charge in [-0.2, -0.15) is 0 Å². The van der Waals surface area contributed by atoms with Gasteiger partial charge in [-0.3, -0.25) is 4.99 Å². The molecule has 1 atom stereocenters. The summed E-state index contributed by atoms with van der Waals surface area (Å²) in [6, 6.07) is 14.2. The lowest BCUT2D eigenvalue weighted by Gasteiger charge is -2.20. The molecule has 0 saturated heterocycles. The molecule has 1 N–H and O–H groups in total. The van der Waals surface area contributed by atoms with Crippen molar-refractivity contribution in [3.63, 3.8) is 0 Å². The lowest BCUT2D eigenvalue weighted by Crippen LogP contribution is -2.11. The SMILES string of the molecule is CC(N=Cc1cc(C(C)(C)C)cc(Br)c1O)c1ccccc1. The van der Waals surface area contributed by atoms with Gasteiger partial charge in [0.15, 0.2) is 0 Å². The third kappa shape index (κ3) is 3.98. The smallest absolute Gasteiger partial charge is 0.138 e. The van der Waals surface area contributed by atoms with E-state index in [0.29, 0.717) is 4.47 Å². The first-order valence-corrected chi connectivity index (χ1v) is 8.19. The first kappa shape index (κ1) is 16.8. The van der Waals surface area contributed by atoms with Crippen LogP contribution in [-0.4, -0.2) is 11.3 Å². The summed E-state index contributed by atoms with van der Waals surface area (Å²) in [5, 5.41) is 10.2. The Balaban J connectivity index is 2.33. The Labute approximate surface area is 141 Å². The van der Waals surface area contributed by atoms with Crippen LogP contribution in [0.3, 0.4) is 0 Å². The predicted molar refractivity (Wildman–Crippen MR) is 97.0 cm³/mol. The number of aliphatic imine (C=N–C) groups is 1. The van der Waals surface area contributed by atoms with Crippen molar-refractivity contribution in [3.05, 3.63) is 63.6 Å². The van der Waals surface area contributed by atoms with E-state index >= 15 is 0 Å². The van der Waals surface area contributed by atoms with E-state index in [1.807, 2.05) is 37.3 Å². The summed E-state index contributed by atoms with van der Waals surface area (Å²) in [7, 11) is 0. The summed E-state index contributed by atoms with van der Waals surface area (Å²) in [5.74, 6) is 0.233. The van der Waals surface area contributed by atoms with Gasteiger partial charge in [0.2, 0.25) is 0 Å². The zero-order valence-corrected chi connectivity index (χ0v) is 15.1. The molecule has 2 nitrogen and oxygen atoms in total. The number of hydrogen-bond acceptors (Lipinski definition) is 2. The lowest BCUT2D eigenvalue weighted by atomic mass is 9.86. The number of phenolic OH excluding ortho intramolecular Hbond substituents is 1. The molecule has 0 aliphatic carbocycles. The van der Waals surface area contributed by atoms with E-state index in [4.69, 9.17) is 0 Å². The van der Waals surface area contributed by atoms with Gasteiger partial charge in [0, 0.05) is 11.8 Å². The quantitative estimate of drug-likeness (QED) is 0.707. The summed E-state index contributed by atoms with van der Waals surface area (Å²) >= 11 is 3.43. The standard InChI is InChI=1S/C19H22BrNO/c1-13(14-8-6-5-7-9-14)21-12-15-10-16(19(2,3)4)11-17(20)18(15)22/h5-13,22H,1-4H3. The fourth-order valence-corrected chi connectivity index (χ4v) is 2.64. The van der Waals surface area contributed by atoms with Crippen LogP contribution in [0, 0.1) is 0 Å². The molecule has 0 heterocycles. The average Bonchev–Trinajstić information content (AvgIpc) is 2.48. The van der Waals surface area contributed by atoms with Gasteiger partial charge in [-0.25, -0.2) is 0 Å². The highest BCUT2D eigenvalue weighted by Gasteiger charge is 2.17. The van der Waals surface area contributed by atoms with Gasteiger partial charge in [-0.1, -0.05) is 51.1 Å². The largest absolute Gasteiger partial charge is 0.506 e. The molecule has 0 aliphatic rings. The number of nitrogens with zero attached hydrogens (tertiary/aromatic N) is 1. The van der Waals surface area contributed by atoms with Gasteiger partial charge in [-0.15, -0.1) is 0 Å². The Morgan fingerprint density at radius 3 is 2.36 bits per heavy atom. The highest BCUT2D eigenvalue weighted by molar-refractivity contribution is 9.10. The summed E-state index contributed by atoms with van der Waals surface area (Å²) in [5.41, 5.74) is 3.07. The van der Waals surface area contributed by atoms with Gasteiger partial charge in [0.25, 0.3) is 0 Å². The Kier molecular flexibility index (Phi) is 5.07. The molecule has 0 amide bonds. The van der Waals surface area contributed by atoms with E-state index in [0.717, 1.165) is 16.7 Å². The number of phenols is 1. The lowest BCUT2D eigenvalue weighted by molar-refractivity contribution is 0.469. The number of rotatable bonds is 3. The second-order valence-corrected chi connectivity index (χ2v) is 7.37. The van der Waals surface area contributed by atoms with Crippen LogP contribution in [0.2, 0.25) is 0 Å². The molecule has 0 spiro atoms. The monoisotopic (exact) mass is 359 g/mol. The van der Waals surface area contributed by atoms with Crippen molar-refractivity contribution in [1.29, 1.82) is 0 Å².